The molecular formula is C12H17F2N. The maximum Gasteiger partial charge on any atom is 0.253 e. The van der Waals surface area contributed by atoms with Crippen LogP contribution in [0.5, 0.6) is 0 Å². The maximum absolute atomic E-state index is 12.2. The Morgan fingerprint density at radius 1 is 1.27 bits per heavy atom. The second kappa shape index (κ2) is 5.81. The molecule has 0 saturated heterocycles. The molecule has 0 saturated carbocycles. The summed E-state index contributed by atoms with van der Waals surface area (Å²) in [6.07, 6.45) is -1.49. The van der Waals surface area contributed by atoms with Gasteiger partial charge in [0.1, 0.15) is 0 Å². The molecule has 0 radical (unpaired) electrons. The molecule has 0 heterocycles. The van der Waals surface area contributed by atoms with Gasteiger partial charge in [-0.15, -0.1) is 0 Å². The molecule has 0 bridgehead atoms. The molecular weight excluding hydrogens is 196 g/mol. The molecule has 1 unspecified atom stereocenters. The van der Waals surface area contributed by atoms with Gasteiger partial charge in [0, 0.05) is 0 Å². The van der Waals surface area contributed by atoms with Crippen molar-refractivity contribution in [2.75, 3.05) is 6.54 Å². The lowest BCUT2D eigenvalue weighted by molar-refractivity contribution is 0.106. The Labute approximate surface area is 89.5 Å². The monoisotopic (exact) mass is 213 g/mol. The Balaban J connectivity index is 2.35. The van der Waals surface area contributed by atoms with E-state index in [2.05, 4.69) is 5.32 Å². The minimum absolute atomic E-state index is 0.594. The topological polar surface area (TPSA) is 12.0 Å². The SMILES string of the molecule is Cc1ccccc1CCNC(C)C(F)F. The van der Waals surface area contributed by atoms with Crippen LogP contribution in [0.1, 0.15) is 18.1 Å². The van der Waals surface area contributed by atoms with E-state index in [-0.39, 0.29) is 0 Å². The van der Waals surface area contributed by atoms with Gasteiger partial charge in [0.25, 0.3) is 6.43 Å². The average molecular weight is 213 g/mol. The van der Waals surface area contributed by atoms with E-state index in [0.29, 0.717) is 6.54 Å². The summed E-state index contributed by atoms with van der Waals surface area (Å²) in [6, 6.07) is 7.29. The van der Waals surface area contributed by atoms with Gasteiger partial charge in [0.05, 0.1) is 6.04 Å². The van der Waals surface area contributed by atoms with Gasteiger partial charge >= 0.3 is 0 Å². The van der Waals surface area contributed by atoms with Crippen LogP contribution in [-0.4, -0.2) is 19.0 Å². The highest BCUT2D eigenvalue weighted by Gasteiger charge is 2.12. The van der Waals surface area contributed by atoms with E-state index in [1.165, 1.54) is 18.1 Å². The number of nitrogens with one attached hydrogen (secondary N) is 1. The van der Waals surface area contributed by atoms with E-state index in [1.54, 1.807) is 0 Å². The van der Waals surface area contributed by atoms with E-state index < -0.39 is 12.5 Å². The summed E-state index contributed by atoms with van der Waals surface area (Å²) in [5.74, 6) is 0. The zero-order valence-corrected chi connectivity index (χ0v) is 9.13. The second-order valence-corrected chi connectivity index (χ2v) is 3.75. The molecule has 0 aliphatic rings. The highest BCUT2D eigenvalue weighted by atomic mass is 19.3. The molecule has 1 rings (SSSR count). The van der Waals surface area contributed by atoms with Crippen molar-refractivity contribution in [3.63, 3.8) is 0 Å². The smallest absolute Gasteiger partial charge is 0.253 e. The van der Waals surface area contributed by atoms with Crippen molar-refractivity contribution in [2.45, 2.75) is 32.7 Å². The number of halogens is 2. The van der Waals surface area contributed by atoms with Crippen molar-refractivity contribution in [3.05, 3.63) is 35.4 Å². The van der Waals surface area contributed by atoms with E-state index in [0.717, 1.165) is 6.42 Å². The van der Waals surface area contributed by atoms with Crippen molar-refractivity contribution in [1.29, 1.82) is 0 Å². The maximum atomic E-state index is 12.2. The Morgan fingerprint density at radius 2 is 1.93 bits per heavy atom. The van der Waals surface area contributed by atoms with Crippen LogP contribution in [0.25, 0.3) is 0 Å². The lowest BCUT2D eigenvalue weighted by Crippen LogP contribution is -2.34. The molecule has 0 aliphatic heterocycles. The van der Waals surface area contributed by atoms with Crippen molar-refractivity contribution >= 4 is 0 Å². The summed E-state index contributed by atoms with van der Waals surface area (Å²) in [6.45, 7) is 4.13. The summed E-state index contributed by atoms with van der Waals surface area (Å²) < 4.78 is 24.3. The van der Waals surface area contributed by atoms with Crippen molar-refractivity contribution in [1.82, 2.24) is 5.32 Å². The lowest BCUT2D eigenvalue weighted by Gasteiger charge is -2.13. The first kappa shape index (κ1) is 12.1. The molecule has 0 fully saturated rings. The fraction of sp³-hybridized carbons (Fsp3) is 0.500. The van der Waals surface area contributed by atoms with E-state index in [9.17, 15) is 8.78 Å². The molecule has 3 heteroatoms. The Morgan fingerprint density at radius 3 is 2.53 bits per heavy atom. The summed E-state index contributed by atoms with van der Waals surface area (Å²) in [4.78, 5) is 0. The zero-order chi connectivity index (χ0) is 11.3. The first-order valence-corrected chi connectivity index (χ1v) is 5.17. The molecule has 0 spiro atoms. The van der Waals surface area contributed by atoms with Gasteiger partial charge in [-0.25, -0.2) is 8.78 Å². The van der Waals surface area contributed by atoms with Crippen molar-refractivity contribution in [3.8, 4) is 0 Å². The van der Waals surface area contributed by atoms with Crippen LogP contribution >= 0.6 is 0 Å². The Bertz CT molecular complexity index is 299. The molecule has 1 atom stereocenters. The second-order valence-electron chi connectivity index (χ2n) is 3.75. The fourth-order valence-corrected chi connectivity index (χ4v) is 1.41. The van der Waals surface area contributed by atoms with Gasteiger partial charge in [-0.05, 0) is 37.9 Å². The molecule has 84 valence electrons. The minimum atomic E-state index is -2.29. The molecule has 1 nitrogen and oxygen atoms in total. The summed E-state index contributed by atoms with van der Waals surface area (Å²) in [7, 11) is 0. The normalized spacial score (nSPS) is 13.1. The van der Waals surface area contributed by atoms with E-state index in [1.807, 2.05) is 31.2 Å². The van der Waals surface area contributed by atoms with Crippen LogP contribution in [0, 0.1) is 6.92 Å². The third kappa shape index (κ3) is 3.96. The Hall–Kier alpha value is -0.960. The predicted octanol–water partition coefficient (Wildman–Crippen LogP) is 2.78. The number of benzene rings is 1. The third-order valence-corrected chi connectivity index (χ3v) is 2.50. The number of alkyl halides is 2. The standard InChI is InChI=1S/C12H17F2N/c1-9-5-3-4-6-11(9)7-8-15-10(2)12(13)14/h3-6,10,12,15H,7-8H2,1-2H3. The number of aryl methyl sites for hydroxylation is 1. The van der Waals surface area contributed by atoms with Gasteiger partial charge in [-0.2, -0.15) is 0 Å². The van der Waals surface area contributed by atoms with Crippen LogP contribution in [0.15, 0.2) is 24.3 Å². The van der Waals surface area contributed by atoms with E-state index in [4.69, 9.17) is 0 Å². The number of rotatable bonds is 5. The van der Waals surface area contributed by atoms with Crippen LogP contribution in [-0.2, 0) is 6.42 Å². The van der Waals surface area contributed by atoms with Gasteiger partial charge in [0.2, 0.25) is 0 Å². The molecule has 0 aromatic heterocycles. The van der Waals surface area contributed by atoms with Crippen molar-refractivity contribution < 1.29 is 8.78 Å². The van der Waals surface area contributed by atoms with Gasteiger partial charge < -0.3 is 5.32 Å². The van der Waals surface area contributed by atoms with Gasteiger partial charge in [-0.1, -0.05) is 24.3 Å². The molecule has 1 N–H and O–H groups in total. The highest BCUT2D eigenvalue weighted by Crippen LogP contribution is 2.07. The summed E-state index contributed by atoms with van der Waals surface area (Å²) in [5.41, 5.74) is 2.43. The molecule has 15 heavy (non-hydrogen) atoms. The fourth-order valence-electron chi connectivity index (χ4n) is 1.41. The number of hydrogen-bond donors (Lipinski definition) is 1. The third-order valence-electron chi connectivity index (χ3n) is 2.50. The average Bonchev–Trinajstić information content (AvgIpc) is 2.20. The minimum Gasteiger partial charge on any atom is -0.309 e. The van der Waals surface area contributed by atoms with Crippen LogP contribution in [0.3, 0.4) is 0 Å². The number of hydrogen-bond acceptors (Lipinski definition) is 1. The van der Waals surface area contributed by atoms with Crippen LogP contribution < -0.4 is 5.32 Å². The van der Waals surface area contributed by atoms with Gasteiger partial charge in [0.15, 0.2) is 0 Å². The largest absolute Gasteiger partial charge is 0.309 e. The quantitative estimate of drug-likeness (QED) is 0.793. The van der Waals surface area contributed by atoms with Crippen LogP contribution in [0.4, 0.5) is 8.78 Å². The Kier molecular flexibility index (Phi) is 4.69. The zero-order valence-electron chi connectivity index (χ0n) is 9.13. The molecule has 0 aliphatic carbocycles. The van der Waals surface area contributed by atoms with Crippen LogP contribution in [0.2, 0.25) is 0 Å². The first-order valence-electron chi connectivity index (χ1n) is 5.17. The molecule has 1 aromatic carbocycles. The predicted molar refractivity (Wildman–Crippen MR) is 58.4 cm³/mol. The van der Waals surface area contributed by atoms with Crippen molar-refractivity contribution in [2.24, 2.45) is 0 Å². The molecule has 1 aromatic rings. The highest BCUT2D eigenvalue weighted by molar-refractivity contribution is 5.25. The first-order chi connectivity index (χ1) is 7.11. The lowest BCUT2D eigenvalue weighted by atomic mass is 10.1. The van der Waals surface area contributed by atoms with Gasteiger partial charge in [-0.3, -0.25) is 0 Å². The molecule has 0 amide bonds. The summed E-state index contributed by atoms with van der Waals surface area (Å²) >= 11 is 0. The van der Waals surface area contributed by atoms with E-state index >= 15 is 0 Å². The summed E-state index contributed by atoms with van der Waals surface area (Å²) in [5, 5.41) is 2.81.